The number of carbonyl (C=O) groups is 2. The van der Waals surface area contributed by atoms with Crippen molar-refractivity contribution >= 4 is 11.9 Å². The van der Waals surface area contributed by atoms with Crippen molar-refractivity contribution in [1.29, 1.82) is 0 Å². The Morgan fingerprint density at radius 2 is 2.33 bits per heavy atom. The van der Waals surface area contributed by atoms with E-state index in [1.165, 1.54) is 12.5 Å². The first-order valence-corrected chi connectivity index (χ1v) is 4.73. The van der Waals surface area contributed by atoms with Crippen molar-refractivity contribution in [3.8, 4) is 0 Å². The molecular formula is C10H11NO4. The maximum absolute atomic E-state index is 11.7. The number of hydrogen-bond donors (Lipinski definition) is 1. The van der Waals surface area contributed by atoms with Crippen LogP contribution in [0.25, 0.3) is 0 Å². The second kappa shape index (κ2) is 3.76. The third-order valence-electron chi connectivity index (χ3n) is 2.59. The van der Waals surface area contributed by atoms with Gasteiger partial charge < -0.3 is 14.4 Å². The molecule has 1 amide bonds. The zero-order valence-electron chi connectivity index (χ0n) is 8.05. The van der Waals surface area contributed by atoms with E-state index in [1.54, 1.807) is 11.0 Å². The fourth-order valence-electron chi connectivity index (χ4n) is 1.72. The van der Waals surface area contributed by atoms with Crippen molar-refractivity contribution in [1.82, 2.24) is 4.90 Å². The molecule has 15 heavy (non-hydrogen) atoms. The summed E-state index contributed by atoms with van der Waals surface area (Å²) in [7, 11) is 0. The van der Waals surface area contributed by atoms with E-state index in [-0.39, 0.29) is 5.91 Å². The molecule has 1 atom stereocenters. The molecule has 80 valence electrons. The summed E-state index contributed by atoms with van der Waals surface area (Å²) in [6, 6.07) is 1.58. The normalized spacial score (nSPS) is 20.5. The van der Waals surface area contributed by atoms with E-state index >= 15 is 0 Å². The predicted octanol–water partition coefficient (Wildman–Crippen LogP) is 0.826. The van der Waals surface area contributed by atoms with Crippen molar-refractivity contribution in [3.63, 3.8) is 0 Å². The summed E-state index contributed by atoms with van der Waals surface area (Å²) in [6.45, 7) is 0.792. The molecule has 1 aliphatic rings. The Morgan fingerprint density at radius 3 is 2.87 bits per heavy atom. The molecule has 1 aliphatic heterocycles. The average Bonchev–Trinajstić information content (AvgIpc) is 2.88. The molecule has 0 spiro atoms. The molecule has 1 aromatic rings. The topological polar surface area (TPSA) is 70.8 Å². The molecule has 1 saturated heterocycles. The van der Waals surface area contributed by atoms with Crippen molar-refractivity contribution in [3.05, 3.63) is 24.2 Å². The molecular weight excluding hydrogens is 198 g/mol. The molecule has 5 heteroatoms. The van der Waals surface area contributed by atoms with E-state index in [0.29, 0.717) is 25.1 Å². The van der Waals surface area contributed by atoms with Crippen LogP contribution in [0.5, 0.6) is 0 Å². The van der Waals surface area contributed by atoms with Gasteiger partial charge in [0, 0.05) is 13.1 Å². The van der Waals surface area contributed by atoms with Gasteiger partial charge in [0.2, 0.25) is 0 Å². The third kappa shape index (κ3) is 1.86. The van der Waals surface area contributed by atoms with E-state index in [1.807, 2.05) is 0 Å². The van der Waals surface area contributed by atoms with Crippen LogP contribution in [0.15, 0.2) is 23.0 Å². The first kappa shape index (κ1) is 9.76. The highest BCUT2D eigenvalue weighted by molar-refractivity contribution is 5.94. The SMILES string of the molecule is O=C(O)[C@H]1CCN(C(=O)c2ccoc2)C1. The van der Waals surface area contributed by atoms with E-state index in [9.17, 15) is 9.59 Å². The zero-order valence-corrected chi connectivity index (χ0v) is 8.05. The van der Waals surface area contributed by atoms with Gasteiger partial charge in [0.15, 0.2) is 0 Å². The Kier molecular flexibility index (Phi) is 2.45. The van der Waals surface area contributed by atoms with Crippen molar-refractivity contribution < 1.29 is 19.1 Å². The molecule has 0 bridgehead atoms. The maximum atomic E-state index is 11.7. The van der Waals surface area contributed by atoms with Crippen LogP contribution >= 0.6 is 0 Å². The van der Waals surface area contributed by atoms with E-state index in [0.717, 1.165) is 0 Å². The van der Waals surface area contributed by atoms with Crippen molar-refractivity contribution in [2.75, 3.05) is 13.1 Å². The van der Waals surface area contributed by atoms with Gasteiger partial charge in [-0.3, -0.25) is 9.59 Å². The van der Waals surface area contributed by atoms with Crippen LogP contribution in [0.2, 0.25) is 0 Å². The minimum Gasteiger partial charge on any atom is -0.481 e. The number of nitrogens with zero attached hydrogens (tertiary/aromatic N) is 1. The highest BCUT2D eigenvalue weighted by Crippen LogP contribution is 2.18. The number of carboxylic acids is 1. The lowest BCUT2D eigenvalue weighted by Crippen LogP contribution is -2.29. The fourth-order valence-corrected chi connectivity index (χ4v) is 1.72. The van der Waals surface area contributed by atoms with Gasteiger partial charge in [-0.05, 0) is 12.5 Å². The summed E-state index contributed by atoms with van der Waals surface area (Å²) in [6.07, 6.45) is 3.33. The van der Waals surface area contributed by atoms with Gasteiger partial charge in [-0.1, -0.05) is 0 Å². The number of rotatable bonds is 2. The van der Waals surface area contributed by atoms with Crippen LogP contribution in [0.3, 0.4) is 0 Å². The van der Waals surface area contributed by atoms with E-state index in [2.05, 4.69) is 0 Å². The maximum Gasteiger partial charge on any atom is 0.308 e. The minimum absolute atomic E-state index is 0.160. The van der Waals surface area contributed by atoms with Crippen LogP contribution in [-0.2, 0) is 4.79 Å². The number of furan rings is 1. The molecule has 1 aromatic heterocycles. The second-order valence-corrected chi connectivity index (χ2v) is 3.59. The van der Waals surface area contributed by atoms with Crippen LogP contribution < -0.4 is 0 Å². The minimum atomic E-state index is -0.836. The lowest BCUT2D eigenvalue weighted by atomic mass is 10.1. The van der Waals surface area contributed by atoms with Crippen molar-refractivity contribution in [2.45, 2.75) is 6.42 Å². The zero-order chi connectivity index (χ0) is 10.8. The Morgan fingerprint density at radius 1 is 1.53 bits per heavy atom. The van der Waals surface area contributed by atoms with Gasteiger partial charge in [-0.25, -0.2) is 0 Å². The number of likely N-dealkylation sites (tertiary alicyclic amines) is 1. The molecule has 2 rings (SSSR count). The molecule has 0 aliphatic carbocycles. The molecule has 0 radical (unpaired) electrons. The number of carbonyl (C=O) groups excluding carboxylic acids is 1. The largest absolute Gasteiger partial charge is 0.481 e. The van der Waals surface area contributed by atoms with E-state index in [4.69, 9.17) is 9.52 Å². The molecule has 0 aromatic carbocycles. The van der Waals surface area contributed by atoms with Gasteiger partial charge >= 0.3 is 5.97 Å². The van der Waals surface area contributed by atoms with Gasteiger partial charge in [-0.15, -0.1) is 0 Å². The average molecular weight is 209 g/mol. The van der Waals surface area contributed by atoms with Crippen molar-refractivity contribution in [2.24, 2.45) is 5.92 Å². The van der Waals surface area contributed by atoms with Crippen LogP contribution in [-0.4, -0.2) is 35.0 Å². The van der Waals surface area contributed by atoms with Gasteiger partial charge in [0.05, 0.1) is 17.7 Å². The fraction of sp³-hybridized carbons (Fsp3) is 0.400. The van der Waals surface area contributed by atoms with Gasteiger partial charge in [0.25, 0.3) is 5.91 Å². The standard InChI is InChI=1S/C10H11NO4/c12-9(8-2-4-15-6-8)11-3-1-7(5-11)10(13)14/h2,4,6-7H,1,3,5H2,(H,13,14)/t7-/m0/s1. The highest BCUT2D eigenvalue weighted by atomic mass is 16.4. The predicted molar refractivity (Wildman–Crippen MR) is 50.4 cm³/mol. The molecule has 0 saturated carbocycles. The lowest BCUT2D eigenvalue weighted by Gasteiger charge is -2.13. The number of carboxylic acid groups (broad SMARTS) is 1. The van der Waals surface area contributed by atoms with Crippen LogP contribution in [0, 0.1) is 5.92 Å². The molecule has 2 heterocycles. The van der Waals surface area contributed by atoms with Gasteiger partial charge in [-0.2, -0.15) is 0 Å². The van der Waals surface area contributed by atoms with Crippen LogP contribution in [0.1, 0.15) is 16.8 Å². The smallest absolute Gasteiger partial charge is 0.308 e. The molecule has 0 unspecified atom stereocenters. The summed E-state index contributed by atoms with van der Waals surface area (Å²) in [4.78, 5) is 24.0. The lowest BCUT2D eigenvalue weighted by molar-refractivity contribution is -0.141. The molecule has 1 fully saturated rings. The second-order valence-electron chi connectivity index (χ2n) is 3.59. The number of amides is 1. The Labute approximate surface area is 86.3 Å². The summed E-state index contributed by atoms with van der Waals surface area (Å²) >= 11 is 0. The van der Waals surface area contributed by atoms with E-state index < -0.39 is 11.9 Å². The summed E-state index contributed by atoms with van der Waals surface area (Å²) in [5.41, 5.74) is 0.473. The molecule has 5 nitrogen and oxygen atoms in total. The molecule has 1 N–H and O–H groups in total. The monoisotopic (exact) mass is 209 g/mol. The number of aliphatic carboxylic acids is 1. The number of hydrogen-bond acceptors (Lipinski definition) is 3. The Bertz CT molecular complexity index is 371. The Balaban J connectivity index is 2.02. The summed E-state index contributed by atoms with van der Waals surface area (Å²) in [5, 5.41) is 8.79. The highest BCUT2D eigenvalue weighted by Gasteiger charge is 2.31. The summed E-state index contributed by atoms with van der Waals surface area (Å²) in [5.74, 6) is -1.43. The Hall–Kier alpha value is -1.78. The quantitative estimate of drug-likeness (QED) is 0.783. The first-order chi connectivity index (χ1) is 7.18. The van der Waals surface area contributed by atoms with Gasteiger partial charge in [0.1, 0.15) is 6.26 Å². The third-order valence-corrected chi connectivity index (χ3v) is 2.59. The van der Waals surface area contributed by atoms with Crippen LogP contribution in [0.4, 0.5) is 0 Å². The first-order valence-electron chi connectivity index (χ1n) is 4.73. The summed E-state index contributed by atoms with van der Waals surface area (Å²) < 4.78 is 4.81.